The molecule has 20 heavy (non-hydrogen) atoms. The lowest BCUT2D eigenvalue weighted by molar-refractivity contribution is 0.627. The Morgan fingerprint density at radius 3 is 2.75 bits per heavy atom. The van der Waals surface area contributed by atoms with Crippen LogP contribution in [0.25, 0.3) is 10.9 Å². The number of nitrogens with zero attached hydrogens (tertiary/aromatic N) is 1. The van der Waals surface area contributed by atoms with Gasteiger partial charge in [0.1, 0.15) is 5.82 Å². The lowest BCUT2D eigenvalue weighted by Crippen LogP contribution is -2.02. The van der Waals surface area contributed by atoms with Crippen LogP contribution in [0.3, 0.4) is 0 Å². The first-order chi connectivity index (χ1) is 9.70. The molecule has 0 unspecified atom stereocenters. The smallest absolute Gasteiger partial charge is 0.125 e. The third kappa shape index (κ3) is 2.77. The van der Waals surface area contributed by atoms with Gasteiger partial charge in [0.25, 0.3) is 0 Å². The van der Waals surface area contributed by atoms with E-state index in [0.717, 1.165) is 27.8 Å². The van der Waals surface area contributed by atoms with E-state index in [9.17, 15) is 4.39 Å². The van der Waals surface area contributed by atoms with Gasteiger partial charge >= 0.3 is 0 Å². The lowest BCUT2D eigenvalue weighted by Gasteiger charge is -2.08. The van der Waals surface area contributed by atoms with Crippen molar-refractivity contribution in [1.29, 1.82) is 0 Å². The Balaban J connectivity index is 1.79. The summed E-state index contributed by atoms with van der Waals surface area (Å²) in [6.07, 6.45) is 0. The number of hydrogen-bond acceptors (Lipinski definition) is 2. The van der Waals surface area contributed by atoms with Crippen molar-refractivity contribution in [2.45, 2.75) is 13.5 Å². The van der Waals surface area contributed by atoms with Crippen LogP contribution in [0.1, 0.15) is 11.3 Å². The summed E-state index contributed by atoms with van der Waals surface area (Å²) in [6.45, 7) is 2.45. The van der Waals surface area contributed by atoms with E-state index in [1.54, 1.807) is 0 Å². The summed E-state index contributed by atoms with van der Waals surface area (Å²) < 4.78 is 13.3. The van der Waals surface area contributed by atoms with Crippen LogP contribution in [-0.4, -0.2) is 4.98 Å². The summed E-state index contributed by atoms with van der Waals surface area (Å²) in [5.74, 6) is -0.223. The molecular formula is C17H15FN2. The van der Waals surface area contributed by atoms with Gasteiger partial charge in [-0.2, -0.15) is 0 Å². The van der Waals surface area contributed by atoms with Crippen molar-refractivity contribution in [2.75, 3.05) is 5.32 Å². The molecule has 1 N–H and O–H groups in total. The van der Waals surface area contributed by atoms with Crippen LogP contribution in [0.2, 0.25) is 0 Å². The summed E-state index contributed by atoms with van der Waals surface area (Å²) in [7, 11) is 0. The second-order valence-corrected chi connectivity index (χ2v) is 4.87. The van der Waals surface area contributed by atoms with E-state index in [-0.39, 0.29) is 5.82 Å². The monoisotopic (exact) mass is 266 g/mol. The number of anilines is 1. The number of nitrogens with one attached hydrogen (secondary N) is 1. The van der Waals surface area contributed by atoms with Crippen LogP contribution >= 0.6 is 0 Å². The largest absolute Gasteiger partial charge is 0.379 e. The highest BCUT2D eigenvalue weighted by Crippen LogP contribution is 2.16. The molecule has 0 aliphatic carbocycles. The number of hydrogen-bond donors (Lipinski definition) is 1. The van der Waals surface area contributed by atoms with E-state index >= 15 is 0 Å². The molecule has 0 amide bonds. The zero-order valence-electron chi connectivity index (χ0n) is 11.2. The number of aryl methyl sites for hydroxylation is 1. The third-order valence-corrected chi connectivity index (χ3v) is 3.17. The minimum Gasteiger partial charge on any atom is -0.379 e. The predicted octanol–water partition coefficient (Wildman–Crippen LogP) is 4.29. The minimum absolute atomic E-state index is 0.223. The SMILES string of the molecule is Cc1cc(F)cc(NCc2ccc3ccccc3n2)c1. The molecule has 2 aromatic carbocycles. The highest BCUT2D eigenvalue weighted by atomic mass is 19.1. The molecule has 0 spiro atoms. The first-order valence-electron chi connectivity index (χ1n) is 6.56. The number of fused-ring (bicyclic) bond motifs is 1. The van der Waals surface area contributed by atoms with Gasteiger partial charge in [-0.1, -0.05) is 24.3 Å². The summed E-state index contributed by atoms with van der Waals surface area (Å²) in [5, 5.41) is 4.33. The summed E-state index contributed by atoms with van der Waals surface area (Å²) >= 11 is 0. The van der Waals surface area contributed by atoms with E-state index in [1.807, 2.05) is 43.3 Å². The van der Waals surface area contributed by atoms with Crippen LogP contribution < -0.4 is 5.32 Å². The van der Waals surface area contributed by atoms with Gasteiger partial charge in [0.2, 0.25) is 0 Å². The van der Waals surface area contributed by atoms with E-state index in [4.69, 9.17) is 0 Å². The summed E-state index contributed by atoms with van der Waals surface area (Å²) in [5.41, 5.74) is 3.59. The minimum atomic E-state index is -0.223. The van der Waals surface area contributed by atoms with Gasteiger partial charge in [-0.15, -0.1) is 0 Å². The Morgan fingerprint density at radius 1 is 1.05 bits per heavy atom. The van der Waals surface area contributed by atoms with Crippen molar-refractivity contribution in [3.63, 3.8) is 0 Å². The summed E-state index contributed by atoms with van der Waals surface area (Å²) in [4.78, 5) is 4.58. The van der Waals surface area contributed by atoms with Crippen LogP contribution in [0.5, 0.6) is 0 Å². The van der Waals surface area contributed by atoms with Gasteiger partial charge in [0, 0.05) is 11.1 Å². The zero-order chi connectivity index (χ0) is 13.9. The molecule has 0 bridgehead atoms. The number of pyridine rings is 1. The lowest BCUT2D eigenvalue weighted by atomic mass is 10.2. The van der Waals surface area contributed by atoms with E-state index in [2.05, 4.69) is 16.4 Å². The second kappa shape index (κ2) is 5.29. The quantitative estimate of drug-likeness (QED) is 0.764. The molecule has 1 heterocycles. The van der Waals surface area contributed by atoms with Crippen LogP contribution in [-0.2, 0) is 6.54 Å². The number of benzene rings is 2. The van der Waals surface area contributed by atoms with E-state index in [0.29, 0.717) is 6.54 Å². The first-order valence-corrected chi connectivity index (χ1v) is 6.56. The summed E-state index contributed by atoms with van der Waals surface area (Å²) in [6, 6.07) is 17.0. The van der Waals surface area contributed by atoms with E-state index in [1.165, 1.54) is 12.1 Å². The molecule has 3 rings (SSSR count). The standard InChI is InChI=1S/C17H15FN2/c1-12-8-14(18)10-16(9-12)19-11-15-7-6-13-4-2-3-5-17(13)20-15/h2-10,19H,11H2,1H3. The fourth-order valence-corrected chi connectivity index (χ4v) is 2.24. The normalized spacial score (nSPS) is 10.7. The first kappa shape index (κ1) is 12.6. The average Bonchev–Trinajstić information content (AvgIpc) is 2.44. The maximum atomic E-state index is 13.3. The molecular weight excluding hydrogens is 251 g/mol. The van der Waals surface area contributed by atoms with Crippen molar-refractivity contribution in [1.82, 2.24) is 4.98 Å². The Hall–Kier alpha value is -2.42. The molecule has 0 atom stereocenters. The molecule has 0 saturated heterocycles. The number of para-hydroxylation sites is 1. The molecule has 0 fully saturated rings. The molecule has 3 aromatic rings. The molecule has 0 aliphatic rings. The zero-order valence-corrected chi connectivity index (χ0v) is 11.2. The maximum Gasteiger partial charge on any atom is 0.125 e. The number of aromatic nitrogens is 1. The van der Waals surface area contributed by atoms with Gasteiger partial charge in [-0.3, -0.25) is 4.98 Å². The number of rotatable bonds is 3. The Morgan fingerprint density at radius 2 is 1.90 bits per heavy atom. The predicted molar refractivity (Wildman–Crippen MR) is 80.2 cm³/mol. The second-order valence-electron chi connectivity index (χ2n) is 4.87. The Labute approximate surface area is 117 Å². The molecule has 2 nitrogen and oxygen atoms in total. The number of halogens is 1. The van der Waals surface area contributed by atoms with Crippen molar-refractivity contribution < 1.29 is 4.39 Å². The van der Waals surface area contributed by atoms with Gasteiger partial charge in [0.05, 0.1) is 17.8 Å². The topological polar surface area (TPSA) is 24.9 Å². The van der Waals surface area contributed by atoms with Crippen molar-refractivity contribution >= 4 is 16.6 Å². The van der Waals surface area contributed by atoms with Gasteiger partial charge in [0.15, 0.2) is 0 Å². The third-order valence-electron chi connectivity index (χ3n) is 3.17. The molecule has 0 saturated carbocycles. The fraction of sp³-hybridized carbons (Fsp3) is 0.118. The highest BCUT2D eigenvalue weighted by Gasteiger charge is 2.00. The molecule has 1 aromatic heterocycles. The maximum absolute atomic E-state index is 13.3. The van der Waals surface area contributed by atoms with Crippen molar-refractivity contribution in [3.8, 4) is 0 Å². The van der Waals surface area contributed by atoms with Crippen LogP contribution in [0.4, 0.5) is 10.1 Å². The average molecular weight is 266 g/mol. The van der Waals surface area contributed by atoms with E-state index < -0.39 is 0 Å². The van der Waals surface area contributed by atoms with Gasteiger partial charge in [-0.25, -0.2) is 4.39 Å². The highest BCUT2D eigenvalue weighted by molar-refractivity contribution is 5.78. The van der Waals surface area contributed by atoms with Crippen molar-refractivity contribution in [3.05, 3.63) is 71.7 Å². The van der Waals surface area contributed by atoms with Gasteiger partial charge < -0.3 is 5.32 Å². The molecule has 0 aliphatic heterocycles. The van der Waals surface area contributed by atoms with Crippen molar-refractivity contribution in [2.24, 2.45) is 0 Å². The molecule has 100 valence electrons. The fourth-order valence-electron chi connectivity index (χ4n) is 2.24. The Kier molecular flexibility index (Phi) is 3.33. The molecule has 3 heteroatoms. The van der Waals surface area contributed by atoms with Gasteiger partial charge in [-0.05, 0) is 42.8 Å². The van der Waals surface area contributed by atoms with Crippen LogP contribution in [0, 0.1) is 12.7 Å². The van der Waals surface area contributed by atoms with Crippen LogP contribution in [0.15, 0.2) is 54.6 Å². The Bertz CT molecular complexity index is 733. The molecule has 0 radical (unpaired) electrons.